The second kappa shape index (κ2) is 7.44. The standard InChI is InChI=1S/C15H20ClN5OS/c1-20-6-5-18-15(20)12-9-17-4-7-21(12)10-14(22)19-8-11-2-3-13(16)23-11/h2-3,5-6,12,17H,4,7-10H2,1H3,(H,19,22). The van der Waals surface area contributed by atoms with Crippen LogP contribution in [0, 0.1) is 0 Å². The number of halogens is 1. The summed E-state index contributed by atoms with van der Waals surface area (Å²) in [5.74, 6) is 1.01. The Hall–Kier alpha value is -1.41. The molecule has 1 saturated heterocycles. The molecule has 8 heteroatoms. The number of hydrogen-bond acceptors (Lipinski definition) is 5. The molecule has 124 valence electrons. The van der Waals surface area contributed by atoms with E-state index in [0.717, 1.165) is 34.7 Å². The van der Waals surface area contributed by atoms with Crippen LogP contribution in [0.5, 0.6) is 0 Å². The summed E-state index contributed by atoms with van der Waals surface area (Å²) in [4.78, 5) is 19.9. The molecule has 1 atom stereocenters. The molecule has 6 nitrogen and oxygen atoms in total. The van der Waals surface area contributed by atoms with E-state index in [1.54, 1.807) is 6.20 Å². The molecule has 2 aromatic rings. The van der Waals surface area contributed by atoms with Crippen LogP contribution in [-0.4, -0.2) is 46.5 Å². The monoisotopic (exact) mass is 353 g/mol. The van der Waals surface area contributed by atoms with E-state index < -0.39 is 0 Å². The van der Waals surface area contributed by atoms with Crippen molar-refractivity contribution in [2.75, 3.05) is 26.2 Å². The molecular weight excluding hydrogens is 334 g/mol. The van der Waals surface area contributed by atoms with Crippen molar-refractivity contribution in [3.05, 3.63) is 39.6 Å². The van der Waals surface area contributed by atoms with E-state index >= 15 is 0 Å². The van der Waals surface area contributed by atoms with Crippen molar-refractivity contribution in [2.24, 2.45) is 7.05 Å². The van der Waals surface area contributed by atoms with Gasteiger partial charge in [0.05, 0.1) is 23.5 Å². The quantitative estimate of drug-likeness (QED) is 0.853. The van der Waals surface area contributed by atoms with Gasteiger partial charge < -0.3 is 15.2 Å². The molecule has 0 aliphatic carbocycles. The zero-order chi connectivity index (χ0) is 16.2. The van der Waals surface area contributed by atoms with Crippen LogP contribution >= 0.6 is 22.9 Å². The highest BCUT2D eigenvalue weighted by Gasteiger charge is 2.28. The fourth-order valence-electron chi connectivity index (χ4n) is 2.76. The van der Waals surface area contributed by atoms with Crippen LogP contribution in [0.3, 0.4) is 0 Å². The predicted molar refractivity (Wildman–Crippen MR) is 91.6 cm³/mol. The lowest BCUT2D eigenvalue weighted by Crippen LogP contribution is -2.50. The van der Waals surface area contributed by atoms with Crippen molar-refractivity contribution in [3.63, 3.8) is 0 Å². The Bertz CT molecular complexity index is 670. The first-order chi connectivity index (χ1) is 11.1. The van der Waals surface area contributed by atoms with Gasteiger partial charge in [0.2, 0.25) is 5.91 Å². The molecule has 0 bridgehead atoms. The molecule has 2 N–H and O–H groups in total. The lowest BCUT2D eigenvalue weighted by atomic mass is 10.1. The molecular formula is C15H20ClN5OS. The van der Waals surface area contributed by atoms with Crippen LogP contribution in [0.1, 0.15) is 16.7 Å². The Balaban J connectivity index is 1.58. The highest BCUT2D eigenvalue weighted by Crippen LogP contribution is 2.21. The van der Waals surface area contributed by atoms with E-state index in [1.807, 2.05) is 29.9 Å². The summed E-state index contributed by atoms with van der Waals surface area (Å²) in [5, 5.41) is 6.34. The minimum absolute atomic E-state index is 0.0237. The van der Waals surface area contributed by atoms with Gasteiger partial charge in [0.25, 0.3) is 0 Å². The number of carbonyl (C=O) groups is 1. The molecule has 0 radical (unpaired) electrons. The smallest absolute Gasteiger partial charge is 0.234 e. The summed E-state index contributed by atoms with van der Waals surface area (Å²) in [5.41, 5.74) is 0. The molecule has 1 amide bonds. The fraction of sp³-hybridized carbons (Fsp3) is 0.467. The summed E-state index contributed by atoms with van der Waals surface area (Å²) in [6.45, 7) is 3.41. The number of nitrogens with zero attached hydrogens (tertiary/aromatic N) is 3. The van der Waals surface area contributed by atoms with Crippen LogP contribution in [-0.2, 0) is 18.4 Å². The molecule has 3 heterocycles. The summed E-state index contributed by atoms with van der Waals surface area (Å²) in [7, 11) is 1.98. The molecule has 1 fully saturated rings. The Labute approximate surface area is 144 Å². The summed E-state index contributed by atoms with van der Waals surface area (Å²) < 4.78 is 2.75. The first kappa shape index (κ1) is 16.4. The van der Waals surface area contributed by atoms with Gasteiger partial charge in [0.15, 0.2) is 0 Å². The number of carbonyl (C=O) groups excluding carboxylic acids is 1. The molecule has 1 unspecified atom stereocenters. The van der Waals surface area contributed by atoms with Gasteiger partial charge in [-0.15, -0.1) is 11.3 Å². The number of imidazole rings is 1. The minimum Gasteiger partial charge on any atom is -0.350 e. The number of nitrogens with one attached hydrogen (secondary N) is 2. The summed E-state index contributed by atoms with van der Waals surface area (Å²) in [6.07, 6.45) is 3.73. The van der Waals surface area contributed by atoms with Gasteiger partial charge in [-0.1, -0.05) is 11.6 Å². The Kier molecular flexibility index (Phi) is 5.32. The average molecular weight is 354 g/mol. The number of thiophene rings is 1. The minimum atomic E-state index is 0.0237. The van der Waals surface area contributed by atoms with Crippen LogP contribution in [0.15, 0.2) is 24.5 Å². The molecule has 2 aromatic heterocycles. The number of hydrogen-bond donors (Lipinski definition) is 2. The third kappa shape index (κ3) is 4.11. The van der Waals surface area contributed by atoms with Crippen LogP contribution < -0.4 is 10.6 Å². The zero-order valence-electron chi connectivity index (χ0n) is 13.0. The first-order valence-electron chi connectivity index (χ1n) is 7.56. The highest BCUT2D eigenvalue weighted by molar-refractivity contribution is 7.16. The van der Waals surface area contributed by atoms with Crippen LogP contribution in [0.2, 0.25) is 4.34 Å². The van der Waals surface area contributed by atoms with Gasteiger partial charge in [-0.25, -0.2) is 4.98 Å². The largest absolute Gasteiger partial charge is 0.350 e. The Morgan fingerprint density at radius 2 is 2.43 bits per heavy atom. The molecule has 0 aromatic carbocycles. The predicted octanol–water partition coefficient (Wildman–Crippen LogP) is 1.40. The third-order valence-electron chi connectivity index (χ3n) is 3.95. The number of rotatable bonds is 5. The maximum atomic E-state index is 12.3. The van der Waals surface area contributed by atoms with Crippen molar-refractivity contribution in [2.45, 2.75) is 12.6 Å². The van der Waals surface area contributed by atoms with Crippen molar-refractivity contribution < 1.29 is 4.79 Å². The van der Waals surface area contributed by atoms with E-state index in [9.17, 15) is 4.79 Å². The van der Waals surface area contributed by atoms with Gasteiger partial charge in [-0.2, -0.15) is 0 Å². The van der Waals surface area contributed by atoms with Gasteiger partial charge >= 0.3 is 0 Å². The van der Waals surface area contributed by atoms with Gasteiger partial charge in [0, 0.05) is 44.0 Å². The number of aryl methyl sites for hydroxylation is 1. The van der Waals surface area contributed by atoms with Crippen molar-refractivity contribution in [3.8, 4) is 0 Å². The first-order valence-corrected chi connectivity index (χ1v) is 8.76. The number of aromatic nitrogens is 2. The van der Waals surface area contributed by atoms with E-state index in [2.05, 4.69) is 20.5 Å². The van der Waals surface area contributed by atoms with E-state index in [1.165, 1.54) is 11.3 Å². The number of amides is 1. The fourth-order valence-corrected chi connectivity index (χ4v) is 3.79. The topological polar surface area (TPSA) is 62.2 Å². The molecule has 1 aliphatic rings. The normalized spacial score (nSPS) is 19.0. The summed E-state index contributed by atoms with van der Waals surface area (Å²) in [6, 6.07) is 3.90. The zero-order valence-corrected chi connectivity index (χ0v) is 14.5. The van der Waals surface area contributed by atoms with Crippen LogP contribution in [0.4, 0.5) is 0 Å². The van der Waals surface area contributed by atoms with Crippen molar-refractivity contribution >= 4 is 28.8 Å². The second-order valence-corrected chi connectivity index (χ2v) is 7.37. The third-order valence-corrected chi connectivity index (χ3v) is 5.18. The van der Waals surface area contributed by atoms with E-state index in [0.29, 0.717) is 13.1 Å². The Morgan fingerprint density at radius 3 is 3.13 bits per heavy atom. The molecule has 3 rings (SSSR count). The van der Waals surface area contributed by atoms with Gasteiger partial charge in [-0.3, -0.25) is 9.69 Å². The van der Waals surface area contributed by atoms with E-state index in [4.69, 9.17) is 11.6 Å². The lowest BCUT2D eigenvalue weighted by Gasteiger charge is -2.35. The Morgan fingerprint density at radius 1 is 1.57 bits per heavy atom. The van der Waals surface area contributed by atoms with Gasteiger partial charge in [0.1, 0.15) is 5.82 Å². The van der Waals surface area contributed by atoms with Gasteiger partial charge in [-0.05, 0) is 12.1 Å². The van der Waals surface area contributed by atoms with Crippen molar-refractivity contribution in [1.29, 1.82) is 0 Å². The molecule has 1 aliphatic heterocycles. The lowest BCUT2D eigenvalue weighted by molar-refractivity contribution is -0.123. The average Bonchev–Trinajstić information content (AvgIpc) is 3.14. The molecule has 0 saturated carbocycles. The van der Waals surface area contributed by atoms with Crippen molar-refractivity contribution in [1.82, 2.24) is 25.1 Å². The maximum Gasteiger partial charge on any atom is 0.234 e. The highest BCUT2D eigenvalue weighted by atomic mass is 35.5. The van der Waals surface area contributed by atoms with E-state index in [-0.39, 0.29) is 11.9 Å². The number of piperazine rings is 1. The summed E-state index contributed by atoms with van der Waals surface area (Å²) >= 11 is 7.39. The van der Waals surface area contributed by atoms with Crippen LogP contribution in [0.25, 0.3) is 0 Å². The molecule has 0 spiro atoms. The second-order valence-electron chi connectivity index (χ2n) is 5.57. The molecule has 23 heavy (non-hydrogen) atoms. The SMILES string of the molecule is Cn1ccnc1C1CNCCN1CC(=O)NCc1ccc(Cl)s1. The maximum absolute atomic E-state index is 12.3.